The molecule has 2 atom stereocenters. The predicted octanol–water partition coefficient (Wildman–Crippen LogP) is 6.56. The summed E-state index contributed by atoms with van der Waals surface area (Å²) < 4.78 is 29.0. The number of likely N-dealkylation sites (tertiary alicyclic amines) is 1. The lowest BCUT2D eigenvalue weighted by Crippen LogP contribution is -2.46. The number of carbonyl (C=O) groups is 1. The van der Waals surface area contributed by atoms with Crippen molar-refractivity contribution >= 4 is 6.09 Å². The van der Waals surface area contributed by atoms with E-state index in [1.54, 1.807) is 7.11 Å². The standard InChI is InChI=1S/C33H40N4O7/c1-40-31-9-3-2-8-28(31)24-41-17-5-18-43-29-12-10-27(11-13-29)30-14-16-37(33(38)39)21-32(30)44-23-26-7-4-6-25(20-26)22-42-19-15-35-36-34/h2-4,6-13,20,30,32H,5,14-19,21-24H2,1H3,(H,38,39). The summed E-state index contributed by atoms with van der Waals surface area (Å²) in [4.78, 5) is 15.9. The maximum absolute atomic E-state index is 11.7. The van der Waals surface area contributed by atoms with E-state index in [2.05, 4.69) is 10.0 Å². The van der Waals surface area contributed by atoms with Crippen LogP contribution in [0.5, 0.6) is 11.5 Å². The number of hydrogen-bond donors (Lipinski definition) is 1. The Morgan fingerprint density at radius 2 is 1.75 bits per heavy atom. The van der Waals surface area contributed by atoms with Gasteiger partial charge >= 0.3 is 6.09 Å². The van der Waals surface area contributed by atoms with E-state index in [0.717, 1.165) is 40.2 Å². The summed E-state index contributed by atoms with van der Waals surface area (Å²) in [5, 5.41) is 13.1. The van der Waals surface area contributed by atoms with Gasteiger partial charge in [-0.15, -0.1) is 0 Å². The van der Waals surface area contributed by atoms with Gasteiger partial charge in [0.05, 0.1) is 59.4 Å². The Morgan fingerprint density at radius 1 is 0.977 bits per heavy atom. The summed E-state index contributed by atoms with van der Waals surface area (Å²) in [6.07, 6.45) is 0.187. The molecule has 3 aromatic carbocycles. The zero-order chi connectivity index (χ0) is 31.0. The molecule has 2 unspecified atom stereocenters. The molecule has 1 amide bonds. The Kier molecular flexibility index (Phi) is 13.2. The lowest BCUT2D eigenvalue weighted by atomic mass is 9.87. The van der Waals surface area contributed by atoms with E-state index in [0.29, 0.717) is 59.2 Å². The summed E-state index contributed by atoms with van der Waals surface area (Å²) >= 11 is 0. The van der Waals surface area contributed by atoms with Crippen LogP contribution in [0.4, 0.5) is 4.79 Å². The van der Waals surface area contributed by atoms with Crippen molar-refractivity contribution in [1.82, 2.24) is 4.90 Å². The first kappa shape index (κ1) is 32.6. The Hall–Kier alpha value is -4.28. The number of piperidine rings is 1. The molecule has 0 aliphatic carbocycles. The summed E-state index contributed by atoms with van der Waals surface area (Å²) in [5.41, 5.74) is 12.4. The molecule has 0 radical (unpaired) electrons. The fourth-order valence-electron chi connectivity index (χ4n) is 5.16. The van der Waals surface area contributed by atoms with Crippen LogP contribution in [0.3, 0.4) is 0 Å². The van der Waals surface area contributed by atoms with E-state index in [4.69, 9.17) is 29.2 Å². The van der Waals surface area contributed by atoms with Gasteiger partial charge in [0.15, 0.2) is 0 Å². The summed E-state index contributed by atoms with van der Waals surface area (Å²) in [6.45, 7) is 3.74. The van der Waals surface area contributed by atoms with Crippen LogP contribution in [0.1, 0.15) is 41.0 Å². The van der Waals surface area contributed by atoms with Gasteiger partial charge in [-0.05, 0) is 46.8 Å². The monoisotopic (exact) mass is 604 g/mol. The highest BCUT2D eigenvalue weighted by Gasteiger charge is 2.33. The van der Waals surface area contributed by atoms with Gasteiger partial charge in [0.2, 0.25) is 0 Å². The van der Waals surface area contributed by atoms with Crippen molar-refractivity contribution in [2.24, 2.45) is 5.11 Å². The first-order valence-corrected chi connectivity index (χ1v) is 14.8. The van der Waals surface area contributed by atoms with Crippen LogP contribution in [0.15, 0.2) is 77.9 Å². The van der Waals surface area contributed by atoms with Crippen LogP contribution in [0.2, 0.25) is 0 Å². The number of methoxy groups -OCH3 is 1. The number of para-hydroxylation sites is 1. The molecule has 0 bridgehead atoms. The van der Waals surface area contributed by atoms with Crippen LogP contribution in [-0.4, -0.2) is 68.8 Å². The van der Waals surface area contributed by atoms with Crippen LogP contribution in [0.25, 0.3) is 10.4 Å². The minimum Gasteiger partial charge on any atom is -0.496 e. The number of carboxylic acid groups (broad SMARTS) is 1. The molecule has 11 nitrogen and oxygen atoms in total. The number of benzene rings is 3. The van der Waals surface area contributed by atoms with Crippen LogP contribution < -0.4 is 9.47 Å². The van der Waals surface area contributed by atoms with Gasteiger partial charge in [0, 0.05) is 35.9 Å². The van der Waals surface area contributed by atoms with E-state index in [1.807, 2.05) is 72.8 Å². The van der Waals surface area contributed by atoms with Crippen molar-refractivity contribution in [2.45, 2.75) is 44.7 Å². The molecule has 4 rings (SSSR count). The lowest BCUT2D eigenvalue weighted by molar-refractivity contribution is -0.0200. The molecule has 1 aliphatic rings. The summed E-state index contributed by atoms with van der Waals surface area (Å²) in [7, 11) is 1.65. The van der Waals surface area contributed by atoms with E-state index < -0.39 is 6.09 Å². The minimum atomic E-state index is -0.937. The molecule has 0 aromatic heterocycles. The third kappa shape index (κ3) is 10.2. The van der Waals surface area contributed by atoms with Crippen molar-refractivity contribution in [3.63, 3.8) is 0 Å². The summed E-state index contributed by atoms with van der Waals surface area (Å²) in [6, 6.07) is 23.7. The summed E-state index contributed by atoms with van der Waals surface area (Å²) in [5.74, 6) is 1.65. The number of hydrogen-bond acceptors (Lipinski definition) is 7. The molecule has 234 valence electrons. The lowest BCUT2D eigenvalue weighted by Gasteiger charge is -2.37. The SMILES string of the molecule is COc1ccccc1COCCCOc1ccc(C2CCN(C(=O)O)CC2OCc2cccc(COCCN=[N+]=[N-])c2)cc1. The highest BCUT2D eigenvalue weighted by atomic mass is 16.5. The molecular weight excluding hydrogens is 564 g/mol. The van der Waals surface area contributed by atoms with E-state index in [-0.39, 0.29) is 18.6 Å². The van der Waals surface area contributed by atoms with Gasteiger partial charge < -0.3 is 33.7 Å². The normalized spacial score (nSPS) is 16.2. The highest BCUT2D eigenvalue weighted by Crippen LogP contribution is 2.32. The molecule has 11 heteroatoms. The predicted molar refractivity (Wildman–Crippen MR) is 165 cm³/mol. The number of rotatable bonds is 17. The Morgan fingerprint density at radius 3 is 2.52 bits per heavy atom. The molecule has 0 spiro atoms. The maximum atomic E-state index is 11.7. The van der Waals surface area contributed by atoms with E-state index >= 15 is 0 Å². The van der Waals surface area contributed by atoms with Gasteiger partial charge in [0.1, 0.15) is 11.5 Å². The van der Waals surface area contributed by atoms with Gasteiger partial charge in [-0.1, -0.05) is 59.7 Å². The van der Waals surface area contributed by atoms with Gasteiger partial charge in [-0.25, -0.2) is 4.79 Å². The minimum absolute atomic E-state index is 0.0511. The molecule has 0 saturated carbocycles. The second-order valence-electron chi connectivity index (χ2n) is 10.4. The second-order valence-corrected chi connectivity index (χ2v) is 10.4. The molecule has 1 saturated heterocycles. The topological polar surface area (TPSA) is 135 Å². The van der Waals surface area contributed by atoms with Crippen LogP contribution in [-0.2, 0) is 34.0 Å². The highest BCUT2D eigenvalue weighted by molar-refractivity contribution is 5.65. The zero-order valence-electron chi connectivity index (χ0n) is 25.0. The molecule has 1 N–H and O–H groups in total. The van der Waals surface area contributed by atoms with Gasteiger partial charge in [0.25, 0.3) is 0 Å². The van der Waals surface area contributed by atoms with E-state index in [9.17, 15) is 9.90 Å². The average molecular weight is 605 g/mol. The first-order chi connectivity index (χ1) is 21.6. The Balaban J connectivity index is 1.26. The van der Waals surface area contributed by atoms with Crippen LogP contribution >= 0.6 is 0 Å². The second kappa shape index (κ2) is 17.7. The van der Waals surface area contributed by atoms with Crippen LogP contribution in [0, 0.1) is 0 Å². The third-order valence-electron chi connectivity index (χ3n) is 7.41. The number of amides is 1. The molecular formula is C33H40N4O7. The molecule has 1 aliphatic heterocycles. The fraction of sp³-hybridized carbons (Fsp3) is 0.424. The first-order valence-electron chi connectivity index (χ1n) is 14.8. The quantitative estimate of drug-likeness (QED) is 0.0798. The van der Waals surface area contributed by atoms with Crippen molar-refractivity contribution in [1.29, 1.82) is 0 Å². The van der Waals surface area contributed by atoms with Crippen molar-refractivity contribution in [2.75, 3.05) is 46.6 Å². The molecule has 1 heterocycles. The van der Waals surface area contributed by atoms with Crippen molar-refractivity contribution in [3.8, 4) is 11.5 Å². The number of ether oxygens (including phenoxy) is 5. The molecule has 1 fully saturated rings. The smallest absolute Gasteiger partial charge is 0.407 e. The van der Waals surface area contributed by atoms with Crippen molar-refractivity contribution in [3.05, 3.63) is 105 Å². The van der Waals surface area contributed by atoms with Gasteiger partial charge in [-0.2, -0.15) is 0 Å². The molecule has 44 heavy (non-hydrogen) atoms. The zero-order valence-corrected chi connectivity index (χ0v) is 25.0. The maximum Gasteiger partial charge on any atom is 0.407 e. The van der Waals surface area contributed by atoms with Crippen molar-refractivity contribution < 1.29 is 33.6 Å². The third-order valence-corrected chi connectivity index (χ3v) is 7.41. The largest absolute Gasteiger partial charge is 0.496 e. The number of azide groups is 1. The fourth-order valence-corrected chi connectivity index (χ4v) is 5.16. The Bertz CT molecular complexity index is 1360. The van der Waals surface area contributed by atoms with E-state index in [1.165, 1.54) is 4.90 Å². The number of nitrogens with zero attached hydrogens (tertiary/aromatic N) is 4. The Labute approximate surface area is 257 Å². The molecule has 3 aromatic rings. The average Bonchev–Trinajstić information content (AvgIpc) is 3.06. The van der Waals surface area contributed by atoms with Gasteiger partial charge in [-0.3, -0.25) is 0 Å².